The molecule has 6 heteroatoms. The SMILES string of the molecule is Cc1nn(C(C)C)c(C)c1C1CN(C(=O)OC(C)(C)C)CCN1. The first-order chi connectivity index (χ1) is 10.6. The van der Waals surface area contributed by atoms with Crippen LogP contribution in [-0.4, -0.2) is 46.0 Å². The zero-order valence-corrected chi connectivity index (χ0v) is 15.4. The highest BCUT2D eigenvalue weighted by Crippen LogP contribution is 2.26. The highest BCUT2D eigenvalue weighted by molar-refractivity contribution is 5.68. The number of rotatable bonds is 2. The van der Waals surface area contributed by atoms with Crippen LogP contribution in [0.25, 0.3) is 0 Å². The molecule has 1 unspecified atom stereocenters. The number of nitrogens with one attached hydrogen (secondary N) is 1. The van der Waals surface area contributed by atoms with Gasteiger partial charge in [0, 0.05) is 36.9 Å². The molecule has 1 saturated heterocycles. The predicted molar refractivity (Wildman–Crippen MR) is 90.6 cm³/mol. The van der Waals surface area contributed by atoms with Gasteiger partial charge in [-0.2, -0.15) is 5.10 Å². The maximum Gasteiger partial charge on any atom is 0.410 e. The number of carbonyl (C=O) groups is 1. The number of piperazine rings is 1. The fourth-order valence-corrected chi connectivity index (χ4v) is 3.12. The minimum Gasteiger partial charge on any atom is -0.444 e. The van der Waals surface area contributed by atoms with Crippen LogP contribution in [0.3, 0.4) is 0 Å². The first-order valence-electron chi connectivity index (χ1n) is 8.37. The van der Waals surface area contributed by atoms with E-state index in [2.05, 4.69) is 35.9 Å². The van der Waals surface area contributed by atoms with E-state index in [0.29, 0.717) is 19.1 Å². The van der Waals surface area contributed by atoms with Gasteiger partial charge in [-0.3, -0.25) is 4.68 Å². The van der Waals surface area contributed by atoms with Crippen LogP contribution in [0.2, 0.25) is 0 Å². The maximum atomic E-state index is 12.3. The van der Waals surface area contributed by atoms with Gasteiger partial charge in [0.25, 0.3) is 0 Å². The molecule has 1 fully saturated rings. The number of hydrogen-bond donors (Lipinski definition) is 1. The van der Waals surface area contributed by atoms with Gasteiger partial charge < -0.3 is 15.0 Å². The third-order valence-corrected chi connectivity index (χ3v) is 4.05. The van der Waals surface area contributed by atoms with E-state index >= 15 is 0 Å². The number of amides is 1. The third kappa shape index (κ3) is 4.05. The van der Waals surface area contributed by atoms with Crippen LogP contribution in [0.5, 0.6) is 0 Å². The first-order valence-corrected chi connectivity index (χ1v) is 8.37. The lowest BCUT2D eigenvalue weighted by Crippen LogP contribution is -2.49. The second kappa shape index (κ2) is 6.51. The zero-order valence-electron chi connectivity index (χ0n) is 15.4. The monoisotopic (exact) mass is 322 g/mol. The van der Waals surface area contributed by atoms with E-state index in [0.717, 1.165) is 12.2 Å². The molecule has 1 aromatic rings. The van der Waals surface area contributed by atoms with Crippen LogP contribution in [0.4, 0.5) is 4.79 Å². The van der Waals surface area contributed by atoms with Crippen LogP contribution >= 0.6 is 0 Å². The molecule has 0 spiro atoms. The number of carbonyl (C=O) groups excluding carboxylic acids is 1. The normalized spacial score (nSPS) is 19.3. The standard InChI is InChI=1S/C17H30N4O2/c1-11(2)21-13(4)15(12(3)19-21)14-10-20(9-8-18-14)16(22)23-17(5,6)7/h11,14,18H,8-10H2,1-7H3. The molecule has 130 valence electrons. The topological polar surface area (TPSA) is 59.4 Å². The van der Waals surface area contributed by atoms with Crippen molar-refractivity contribution in [1.29, 1.82) is 0 Å². The van der Waals surface area contributed by atoms with Crippen LogP contribution in [0, 0.1) is 13.8 Å². The fraction of sp³-hybridized carbons (Fsp3) is 0.765. The summed E-state index contributed by atoms with van der Waals surface area (Å²) in [5, 5.41) is 8.17. The average molecular weight is 322 g/mol. The van der Waals surface area contributed by atoms with Gasteiger partial charge in [-0.1, -0.05) is 0 Å². The molecule has 2 rings (SSSR count). The van der Waals surface area contributed by atoms with E-state index in [1.807, 2.05) is 27.7 Å². The van der Waals surface area contributed by atoms with Crippen LogP contribution in [-0.2, 0) is 4.74 Å². The van der Waals surface area contributed by atoms with Crippen LogP contribution in [0.1, 0.15) is 63.7 Å². The summed E-state index contributed by atoms with van der Waals surface area (Å²) < 4.78 is 7.56. The maximum absolute atomic E-state index is 12.3. The molecular weight excluding hydrogens is 292 g/mol. The number of hydrogen-bond acceptors (Lipinski definition) is 4. The van der Waals surface area contributed by atoms with Gasteiger partial charge in [-0.15, -0.1) is 0 Å². The third-order valence-electron chi connectivity index (χ3n) is 4.05. The Hall–Kier alpha value is -1.56. The molecule has 1 aliphatic heterocycles. The lowest BCUT2D eigenvalue weighted by atomic mass is 10.0. The summed E-state index contributed by atoms with van der Waals surface area (Å²) in [4.78, 5) is 14.1. The van der Waals surface area contributed by atoms with E-state index in [-0.39, 0.29) is 12.1 Å². The molecule has 2 heterocycles. The Bertz CT molecular complexity index is 572. The molecule has 0 aliphatic carbocycles. The van der Waals surface area contributed by atoms with Gasteiger partial charge in [0.05, 0.1) is 11.7 Å². The number of nitrogens with zero attached hydrogens (tertiary/aromatic N) is 3. The highest BCUT2D eigenvalue weighted by Gasteiger charge is 2.31. The van der Waals surface area contributed by atoms with Crippen LogP contribution < -0.4 is 5.32 Å². The van der Waals surface area contributed by atoms with Crippen molar-refractivity contribution in [1.82, 2.24) is 20.0 Å². The van der Waals surface area contributed by atoms with E-state index in [1.54, 1.807) is 4.90 Å². The predicted octanol–water partition coefficient (Wildman–Crippen LogP) is 2.96. The van der Waals surface area contributed by atoms with Crippen molar-refractivity contribution in [2.75, 3.05) is 19.6 Å². The molecule has 1 N–H and O–H groups in total. The van der Waals surface area contributed by atoms with Crippen LogP contribution in [0.15, 0.2) is 0 Å². The Morgan fingerprint density at radius 3 is 2.52 bits per heavy atom. The van der Waals surface area contributed by atoms with E-state index in [4.69, 9.17) is 4.74 Å². The average Bonchev–Trinajstić information content (AvgIpc) is 2.72. The van der Waals surface area contributed by atoms with Gasteiger partial charge in [-0.25, -0.2) is 4.79 Å². The van der Waals surface area contributed by atoms with E-state index in [9.17, 15) is 4.79 Å². The molecule has 0 aromatic carbocycles. The summed E-state index contributed by atoms with van der Waals surface area (Å²) in [6.07, 6.45) is -0.240. The van der Waals surface area contributed by atoms with Gasteiger partial charge in [0.2, 0.25) is 0 Å². The summed E-state index contributed by atoms with van der Waals surface area (Å²) >= 11 is 0. The zero-order chi connectivity index (χ0) is 17.4. The molecule has 6 nitrogen and oxygen atoms in total. The Morgan fingerprint density at radius 2 is 2.00 bits per heavy atom. The summed E-state index contributed by atoms with van der Waals surface area (Å²) in [5.41, 5.74) is 2.93. The molecule has 0 radical (unpaired) electrons. The molecule has 0 saturated carbocycles. The van der Waals surface area contributed by atoms with Gasteiger partial charge in [0.1, 0.15) is 5.60 Å². The summed E-state index contributed by atoms with van der Waals surface area (Å²) in [7, 11) is 0. The van der Waals surface area contributed by atoms with Crippen molar-refractivity contribution in [2.45, 2.75) is 66.2 Å². The second-order valence-corrected chi connectivity index (χ2v) is 7.56. The smallest absolute Gasteiger partial charge is 0.410 e. The summed E-state index contributed by atoms with van der Waals surface area (Å²) in [5.74, 6) is 0. The molecule has 1 aliphatic rings. The van der Waals surface area contributed by atoms with Gasteiger partial charge in [-0.05, 0) is 48.5 Å². The lowest BCUT2D eigenvalue weighted by molar-refractivity contribution is 0.0194. The number of aromatic nitrogens is 2. The summed E-state index contributed by atoms with van der Waals surface area (Å²) in [6.45, 7) is 16.1. The molecule has 23 heavy (non-hydrogen) atoms. The lowest BCUT2D eigenvalue weighted by Gasteiger charge is -2.35. The van der Waals surface area contributed by atoms with Crippen molar-refractivity contribution in [3.63, 3.8) is 0 Å². The van der Waals surface area contributed by atoms with E-state index < -0.39 is 5.60 Å². The van der Waals surface area contributed by atoms with Crippen molar-refractivity contribution >= 4 is 6.09 Å². The Kier molecular flexibility index (Phi) is 5.04. The Balaban J connectivity index is 2.17. The second-order valence-electron chi connectivity index (χ2n) is 7.56. The molecule has 1 aromatic heterocycles. The number of ether oxygens (including phenoxy) is 1. The molecule has 0 bridgehead atoms. The largest absolute Gasteiger partial charge is 0.444 e. The molecule has 1 atom stereocenters. The Labute approximate surface area is 139 Å². The highest BCUT2D eigenvalue weighted by atomic mass is 16.6. The fourth-order valence-electron chi connectivity index (χ4n) is 3.12. The minimum absolute atomic E-state index is 0.101. The van der Waals surface area contributed by atoms with Gasteiger partial charge in [0.15, 0.2) is 0 Å². The Morgan fingerprint density at radius 1 is 1.35 bits per heavy atom. The molecular formula is C17H30N4O2. The van der Waals surface area contributed by atoms with Gasteiger partial charge >= 0.3 is 6.09 Å². The van der Waals surface area contributed by atoms with E-state index in [1.165, 1.54) is 11.3 Å². The first kappa shape index (κ1) is 17.8. The number of aryl methyl sites for hydroxylation is 1. The van der Waals surface area contributed by atoms with Crippen molar-refractivity contribution in [3.05, 3.63) is 17.0 Å². The quantitative estimate of drug-likeness (QED) is 0.909. The summed E-state index contributed by atoms with van der Waals surface area (Å²) in [6, 6.07) is 0.428. The van der Waals surface area contributed by atoms with Crippen molar-refractivity contribution in [3.8, 4) is 0 Å². The minimum atomic E-state index is -0.466. The van der Waals surface area contributed by atoms with Crippen molar-refractivity contribution < 1.29 is 9.53 Å². The molecule has 1 amide bonds. The van der Waals surface area contributed by atoms with Crippen molar-refractivity contribution in [2.24, 2.45) is 0 Å².